The molecule has 0 aliphatic rings. The minimum absolute atomic E-state index is 0.0678. The third-order valence-electron chi connectivity index (χ3n) is 2.70. The first-order chi connectivity index (χ1) is 9.84. The number of carbonyl (C=O) groups is 1. The summed E-state index contributed by atoms with van der Waals surface area (Å²) in [5.74, 6) is -0.478. The number of nitrogens with one attached hydrogen (secondary N) is 1. The zero-order valence-corrected chi connectivity index (χ0v) is 13.2. The molecule has 10 heteroatoms. The predicted molar refractivity (Wildman–Crippen MR) is 82.2 cm³/mol. The maximum atomic E-state index is 12.2. The number of anilines is 1. The first-order valence-corrected chi connectivity index (χ1v) is 8.93. The van der Waals surface area contributed by atoms with Crippen LogP contribution in [0.5, 0.6) is 0 Å². The Morgan fingerprint density at radius 1 is 1.43 bits per heavy atom. The van der Waals surface area contributed by atoms with E-state index in [1.807, 2.05) is 11.4 Å². The van der Waals surface area contributed by atoms with Crippen molar-refractivity contribution in [2.45, 2.75) is 4.90 Å². The van der Waals surface area contributed by atoms with Crippen LogP contribution in [0.2, 0.25) is 0 Å². The fraction of sp³-hybridized carbons (Fsp3) is 0.0909. The summed E-state index contributed by atoms with van der Waals surface area (Å²) in [5.41, 5.74) is 0. The smallest absolute Gasteiger partial charge is 0.267 e. The molecule has 0 bridgehead atoms. The van der Waals surface area contributed by atoms with Crippen molar-refractivity contribution in [3.05, 3.63) is 28.6 Å². The van der Waals surface area contributed by atoms with Crippen LogP contribution in [0.3, 0.4) is 0 Å². The topological polar surface area (TPSA) is 107 Å². The Labute approximate surface area is 128 Å². The number of rotatable bonds is 3. The highest BCUT2D eigenvalue weighted by Gasteiger charge is 2.21. The quantitative estimate of drug-likeness (QED) is 0.753. The van der Waals surface area contributed by atoms with Gasteiger partial charge in [0.2, 0.25) is 10.0 Å². The molecule has 3 aromatic heterocycles. The second kappa shape index (κ2) is 4.91. The van der Waals surface area contributed by atoms with Crippen molar-refractivity contribution in [1.82, 2.24) is 9.78 Å². The number of sulfonamides is 1. The van der Waals surface area contributed by atoms with E-state index in [0.29, 0.717) is 4.88 Å². The van der Waals surface area contributed by atoms with Crippen molar-refractivity contribution in [3.63, 3.8) is 0 Å². The van der Waals surface area contributed by atoms with Crippen molar-refractivity contribution >= 4 is 53.8 Å². The standard InChI is InChI=1S/C11H10N4O3S3/c1-15-5-9(21(12,17)18)10(14-15)13-11(16)8-4-7-6(20-8)2-3-19-7/h2-5H,1H3,(H2,12,17,18)(H,13,14,16). The normalized spacial score (nSPS) is 11.9. The van der Waals surface area contributed by atoms with Gasteiger partial charge in [-0.1, -0.05) is 0 Å². The molecule has 3 heterocycles. The number of nitrogens with two attached hydrogens (primary N) is 1. The lowest BCUT2D eigenvalue weighted by atomic mass is 10.4. The maximum absolute atomic E-state index is 12.2. The third-order valence-corrected chi connectivity index (χ3v) is 5.70. The number of aryl methyl sites for hydroxylation is 1. The summed E-state index contributed by atoms with van der Waals surface area (Å²) in [4.78, 5) is 12.5. The Bertz CT molecular complexity index is 907. The monoisotopic (exact) mass is 342 g/mol. The Kier molecular flexibility index (Phi) is 3.32. The Hall–Kier alpha value is -1.75. The Balaban J connectivity index is 1.93. The molecule has 0 spiro atoms. The van der Waals surface area contributed by atoms with Crippen LogP contribution in [0, 0.1) is 0 Å². The summed E-state index contributed by atoms with van der Waals surface area (Å²) < 4.78 is 26.2. The fourth-order valence-electron chi connectivity index (χ4n) is 1.81. The van der Waals surface area contributed by atoms with Crippen LogP contribution >= 0.6 is 22.7 Å². The van der Waals surface area contributed by atoms with E-state index < -0.39 is 15.9 Å². The van der Waals surface area contributed by atoms with Gasteiger partial charge < -0.3 is 5.32 Å². The number of hydrogen-bond donors (Lipinski definition) is 2. The molecule has 0 atom stereocenters. The van der Waals surface area contributed by atoms with E-state index in [1.165, 1.54) is 33.6 Å². The number of hydrogen-bond acceptors (Lipinski definition) is 6. The molecule has 0 fully saturated rings. The lowest BCUT2D eigenvalue weighted by Crippen LogP contribution is -2.17. The number of amides is 1. The SMILES string of the molecule is Cn1cc(S(N)(=O)=O)c(NC(=O)c2cc3sccc3s2)n1. The van der Waals surface area contributed by atoms with Gasteiger partial charge in [-0.3, -0.25) is 9.48 Å². The first-order valence-electron chi connectivity index (χ1n) is 5.69. The van der Waals surface area contributed by atoms with E-state index >= 15 is 0 Å². The first kappa shape index (κ1) is 14.2. The molecular weight excluding hydrogens is 332 g/mol. The lowest BCUT2D eigenvalue weighted by molar-refractivity contribution is 0.103. The molecule has 110 valence electrons. The van der Waals surface area contributed by atoms with Crippen LogP contribution in [-0.4, -0.2) is 24.1 Å². The summed E-state index contributed by atoms with van der Waals surface area (Å²) in [6.45, 7) is 0. The summed E-state index contributed by atoms with van der Waals surface area (Å²) in [6, 6.07) is 3.69. The number of nitrogens with zero attached hydrogens (tertiary/aromatic N) is 2. The zero-order valence-electron chi connectivity index (χ0n) is 10.7. The van der Waals surface area contributed by atoms with Crippen molar-refractivity contribution < 1.29 is 13.2 Å². The van der Waals surface area contributed by atoms with Gasteiger partial charge in [-0.05, 0) is 17.5 Å². The number of aromatic nitrogens is 2. The summed E-state index contributed by atoms with van der Waals surface area (Å²) in [6.07, 6.45) is 1.25. The van der Waals surface area contributed by atoms with Crippen LogP contribution < -0.4 is 10.5 Å². The molecule has 3 N–H and O–H groups in total. The van der Waals surface area contributed by atoms with Crippen LogP contribution in [0.15, 0.2) is 28.6 Å². The minimum Gasteiger partial charge on any atom is -0.303 e. The molecule has 0 aromatic carbocycles. The van der Waals surface area contributed by atoms with E-state index in [4.69, 9.17) is 5.14 Å². The van der Waals surface area contributed by atoms with Gasteiger partial charge in [-0.2, -0.15) is 5.10 Å². The number of primary sulfonamides is 1. The van der Waals surface area contributed by atoms with E-state index in [0.717, 1.165) is 9.40 Å². The molecule has 0 aliphatic heterocycles. The summed E-state index contributed by atoms with van der Waals surface area (Å²) >= 11 is 2.87. The van der Waals surface area contributed by atoms with Crippen molar-refractivity contribution in [1.29, 1.82) is 0 Å². The number of carbonyl (C=O) groups excluding carboxylic acids is 1. The van der Waals surface area contributed by atoms with E-state index in [-0.39, 0.29) is 10.7 Å². The van der Waals surface area contributed by atoms with Gasteiger partial charge in [-0.15, -0.1) is 22.7 Å². The molecule has 0 radical (unpaired) electrons. The van der Waals surface area contributed by atoms with Crippen molar-refractivity contribution in [2.24, 2.45) is 12.2 Å². The second-order valence-corrected chi connectivity index (χ2v) is 7.84. The maximum Gasteiger partial charge on any atom is 0.267 e. The molecule has 0 unspecified atom stereocenters. The molecule has 7 nitrogen and oxygen atoms in total. The third kappa shape index (κ3) is 2.70. The lowest BCUT2D eigenvalue weighted by Gasteiger charge is -2.01. The molecule has 0 aliphatic carbocycles. The number of thiophene rings is 2. The molecule has 3 rings (SSSR count). The highest BCUT2D eigenvalue weighted by atomic mass is 32.2. The average Bonchev–Trinajstić information content (AvgIpc) is 3.00. The van der Waals surface area contributed by atoms with Gasteiger partial charge in [0.1, 0.15) is 4.90 Å². The van der Waals surface area contributed by atoms with Gasteiger partial charge in [0.05, 0.1) is 4.88 Å². The largest absolute Gasteiger partial charge is 0.303 e. The molecule has 0 saturated heterocycles. The average molecular weight is 342 g/mol. The van der Waals surface area contributed by atoms with Crippen LogP contribution in [-0.2, 0) is 17.1 Å². The van der Waals surface area contributed by atoms with Gasteiger partial charge in [0, 0.05) is 22.6 Å². The van der Waals surface area contributed by atoms with Gasteiger partial charge >= 0.3 is 0 Å². The number of fused-ring (bicyclic) bond motifs is 1. The van der Waals surface area contributed by atoms with Crippen LogP contribution in [0.1, 0.15) is 9.67 Å². The van der Waals surface area contributed by atoms with Crippen molar-refractivity contribution in [2.75, 3.05) is 5.32 Å². The molecule has 21 heavy (non-hydrogen) atoms. The molecule has 1 amide bonds. The van der Waals surface area contributed by atoms with Crippen LogP contribution in [0.25, 0.3) is 9.40 Å². The predicted octanol–water partition coefficient (Wildman–Crippen LogP) is 1.60. The molecule has 3 aromatic rings. The Morgan fingerprint density at radius 2 is 2.19 bits per heavy atom. The fourth-order valence-corrected chi connectivity index (χ4v) is 4.47. The minimum atomic E-state index is -3.95. The molecular formula is C11H10N4O3S3. The highest BCUT2D eigenvalue weighted by molar-refractivity contribution is 7.89. The van der Waals surface area contributed by atoms with Crippen molar-refractivity contribution in [3.8, 4) is 0 Å². The van der Waals surface area contributed by atoms with Gasteiger partial charge in [0.25, 0.3) is 5.91 Å². The van der Waals surface area contributed by atoms with Gasteiger partial charge in [0.15, 0.2) is 5.82 Å². The van der Waals surface area contributed by atoms with E-state index in [1.54, 1.807) is 13.1 Å². The van der Waals surface area contributed by atoms with Crippen LogP contribution in [0.4, 0.5) is 5.82 Å². The summed E-state index contributed by atoms with van der Waals surface area (Å²) in [5, 5.41) is 13.5. The highest BCUT2D eigenvalue weighted by Crippen LogP contribution is 2.30. The van der Waals surface area contributed by atoms with E-state index in [9.17, 15) is 13.2 Å². The van der Waals surface area contributed by atoms with Gasteiger partial charge in [-0.25, -0.2) is 13.6 Å². The molecule has 0 saturated carbocycles. The summed E-state index contributed by atoms with van der Waals surface area (Å²) in [7, 11) is -2.40. The Morgan fingerprint density at radius 3 is 2.86 bits per heavy atom. The zero-order chi connectivity index (χ0) is 15.2. The van der Waals surface area contributed by atoms with E-state index in [2.05, 4.69) is 10.4 Å². The second-order valence-electron chi connectivity index (χ2n) is 4.27.